The molecule has 0 saturated heterocycles. The number of aliphatic carboxylic acids is 1. The van der Waals surface area contributed by atoms with Crippen molar-refractivity contribution in [3.05, 3.63) is 64.2 Å². The van der Waals surface area contributed by atoms with Gasteiger partial charge < -0.3 is 5.11 Å². The molecule has 0 aliphatic heterocycles. The Hall–Kier alpha value is -2.94. The number of fused-ring (bicyclic) bond motifs is 1. The molecule has 10 heteroatoms. The second kappa shape index (κ2) is 6.99. The fourth-order valence-electron chi connectivity index (χ4n) is 2.43. The largest absolute Gasteiger partial charge is 0.478 e. The molecule has 0 aliphatic carbocycles. The first-order valence-electron chi connectivity index (χ1n) is 7.44. The topological polar surface area (TPSA) is 68.0 Å². The predicted octanol–water partition coefficient (Wildman–Crippen LogP) is 4.39. The third kappa shape index (κ3) is 4.08. The molecule has 0 radical (unpaired) electrons. The zero-order chi connectivity index (χ0) is 19.8. The molecule has 0 fully saturated rings. The Morgan fingerprint density at radius 2 is 2.04 bits per heavy atom. The summed E-state index contributed by atoms with van der Waals surface area (Å²) < 4.78 is 54.2. The molecule has 0 bridgehead atoms. The van der Waals surface area contributed by atoms with Crippen LogP contribution in [-0.4, -0.2) is 25.8 Å². The molecule has 0 spiro atoms. The molecule has 0 amide bonds. The third-order valence-corrected chi connectivity index (χ3v) is 3.90. The van der Waals surface area contributed by atoms with Crippen molar-refractivity contribution in [2.24, 2.45) is 0 Å². The van der Waals surface area contributed by atoms with Gasteiger partial charge in [-0.2, -0.15) is 18.3 Å². The molecule has 3 aromatic rings. The molecule has 1 aromatic carbocycles. The lowest BCUT2D eigenvalue weighted by atomic mass is 10.2. The molecule has 2 aromatic heterocycles. The van der Waals surface area contributed by atoms with Gasteiger partial charge in [0, 0.05) is 22.9 Å². The molecule has 0 atom stereocenters. The molecule has 5 nitrogen and oxygen atoms in total. The Balaban J connectivity index is 2.15. The van der Waals surface area contributed by atoms with Gasteiger partial charge in [-0.05, 0) is 24.3 Å². The van der Waals surface area contributed by atoms with E-state index in [9.17, 15) is 22.4 Å². The maximum Gasteiger partial charge on any atom is 0.417 e. The summed E-state index contributed by atoms with van der Waals surface area (Å²) in [6.45, 7) is -0.191. The molecular formula is C17H10ClF4N3O2. The van der Waals surface area contributed by atoms with Crippen LogP contribution in [0.5, 0.6) is 0 Å². The number of halogens is 5. The van der Waals surface area contributed by atoms with E-state index in [0.29, 0.717) is 6.20 Å². The normalized spacial score (nSPS) is 12.2. The second-order valence-corrected chi connectivity index (χ2v) is 5.98. The van der Waals surface area contributed by atoms with Gasteiger partial charge >= 0.3 is 12.1 Å². The van der Waals surface area contributed by atoms with Crippen molar-refractivity contribution in [3.8, 4) is 0 Å². The van der Waals surface area contributed by atoms with Crippen LogP contribution in [0.1, 0.15) is 16.8 Å². The van der Waals surface area contributed by atoms with Gasteiger partial charge in [0.15, 0.2) is 0 Å². The fourth-order valence-corrected chi connectivity index (χ4v) is 2.59. The molecule has 0 saturated carbocycles. The molecule has 0 unspecified atom stereocenters. The highest BCUT2D eigenvalue weighted by Gasteiger charge is 2.32. The van der Waals surface area contributed by atoms with Gasteiger partial charge in [-0.15, -0.1) is 0 Å². The number of carboxylic acids is 1. The fraction of sp³-hybridized carbons (Fsp3) is 0.118. The number of carboxylic acid groups (broad SMARTS) is 1. The number of alkyl halides is 3. The van der Waals surface area contributed by atoms with Gasteiger partial charge in [-0.3, -0.25) is 9.67 Å². The highest BCUT2D eigenvalue weighted by Crippen LogP contribution is 2.31. The first-order valence-corrected chi connectivity index (χ1v) is 7.81. The quantitative estimate of drug-likeness (QED) is 0.522. The molecule has 140 valence electrons. The highest BCUT2D eigenvalue weighted by atomic mass is 35.5. The Morgan fingerprint density at radius 1 is 1.30 bits per heavy atom. The third-order valence-electron chi connectivity index (χ3n) is 3.66. The van der Waals surface area contributed by atoms with Gasteiger partial charge in [-0.1, -0.05) is 17.7 Å². The van der Waals surface area contributed by atoms with Crippen molar-refractivity contribution in [1.29, 1.82) is 0 Å². The first-order chi connectivity index (χ1) is 12.6. The van der Waals surface area contributed by atoms with E-state index < -0.39 is 23.5 Å². The average Bonchev–Trinajstić information content (AvgIpc) is 2.92. The minimum absolute atomic E-state index is 0.00999. The molecule has 3 rings (SSSR count). The van der Waals surface area contributed by atoms with Gasteiger partial charge in [-0.25, -0.2) is 9.18 Å². The SMILES string of the molecule is O=C(O)C=Cc1nn(Cc2ccc(Cl)cc2F)c2cc(C(F)(F)F)cnc12. The van der Waals surface area contributed by atoms with E-state index in [4.69, 9.17) is 16.7 Å². The molecule has 1 N–H and O–H groups in total. The van der Waals surface area contributed by atoms with E-state index in [0.717, 1.165) is 29.0 Å². The Labute approximate surface area is 154 Å². The van der Waals surface area contributed by atoms with Gasteiger partial charge in [0.1, 0.15) is 17.0 Å². The van der Waals surface area contributed by atoms with Crippen molar-refractivity contribution in [1.82, 2.24) is 14.8 Å². The Kier molecular flexibility index (Phi) is 4.88. The summed E-state index contributed by atoms with van der Waals surface area (Å²) in [6, 6.07) is 4.74. The maximum atomic E-state index is 14.1. The van der Waals surface area contributed by atoms with Crippen LogP contribution in [0.4, 0.5) is 17.6 Å². The van der Waals surface area contributed by atoms with Crippen molar-refractivity contribution in [2.45, 2.75) is 12.7 Å². The van der Waals surface area contributed by atoms with Crippen LogP contribution < -0.4 is 0 Å². The lowest BCUT2D eigenvalue weighted by molar-refractivity contribution is -0.137. The van der Waals surface area contributed by atoms with Crippen LogP contribution in [0.15, 0.2) is 36.5 Å². The zero-order valence-electron chi connectivity index (χ0n) is 13.3. The number of aromatic nitrogens is 3. The van der Waals surface area contributed by atoms with Gasteiger partial charge in [0.05, 0.1) is 17.6 Å². The van der Waals surface area contributed by atoms with Crippen LogP contribution in [0, 0.1) is 5.82 Å². The van der Waals surface area contributed by atoms with E-state index in [2.05, 4.69) is 10.1 Å². The monoisotopic (exact) mass is 399 g/mol. The van der Waals surface area contributed by atoms with Crippen molar-refractivity contribution in [3.63, 3.8) is 0 Å². The van der Waals surface area contributed by atoms with Crippen molar-refractivity contribution < 1.29 is 27.5 Å². The van der Waals surface area contributed by atoms with Crippen LogP contribution in [0.2, 0.25) is 5.02 Å². The Morgan fingerprint density at radius 3 is 2.67 bits per heavy atom. The zero-order valence-corrected chi connectivity index (χ0v) is 14.1. The summed E-state index contributed by atoms with van der Waals surface area (Å²) >= 11 is 5.70. The maximum absolute atomic E-state index is 14.1. The van der Waals surface area contributed by atoms with E-state index >= 15 is 0 Å². The number of nitrogens with zero attached hydrogens (tertiary/aromatic N) is 3. The number of benzene rings is 1. The van der Waals surface area contributed by atoms with Crippen LogP contribution in [0.3, 0.4) is 0 Å². The summed E-state index contributed by atoms with van der Waals surface area (Å²) in [4.78, 5) is 14.5. The van der Waals surface area contributed by atoms with Gasteiger partial charge in [0.2, 0.25) is 0 Å². The average molecular weight is 400 g/mol. The second-order valence-electron chi connectivity index (χ2n) is 5.54. The highest BCUT2D eigenvalue weighted by molar-refractivity contribution is 6.30. The number of carbonyl (C=O) groups is 1. The van der Waals surface area contributed by atoms with E-state index in [-0.39, 0.29) is 33.9 Å². The predicted molar refractivity (Wildman–Crippen MR) is 89.7 cm³/mol. The van der Waals surface area contributed by atoms with Crippen molar-refractivity contribution in [2.75, 3.05) is 0 Å². The van der Waals surface area contributed by atoms with Crippen LogP contribution in [-0.2, 0) is 17.5 Å². The van der Waals surface area contributed by atoms with E-state index in [1.165, 1.54) is 12.1 Å². The first kappa shape index (κ1) is 18.8. The summed E-state index contributed by atoms with van der Waals surface area (Å²) in [5.41, 5.74) is -0.744. The van der Waals surface area contributed by atoms with E-state index in [1.807, 2.05) is 0 Å². The molecule has 0 aliphatic rings. The van der Waals surface area contributed by atoms with Crippen LogP contribution >= 0.6 is 11.6 Å². The lowest BCUT2D eigenvalue weighted by Gasteiger charge is -2.08. The smallest absolute Gasteiger partial charge is 0.417 e. The minimum Gasteiger partial charge on any atom is -0.478 e. The number of hydrogen-bond acceptors (Lipinski definition) is 3. The van der Waals surface area contributed by atoms with Crippen LogP contribution in [0.25, 0.3) is 17.1 Å². The van der Waals surface area contributed by atoms with E-state index in [1.54, 1.807) is 0 Å². The number of rotatable bonds is 4. The lowest BCUT2D eigenvalue weighted by Crippen LogP contribution is -2.07. The van der Waals surface area contributed by atoms with Gasteiger partial charge in [0.25, 0.3) is 0 Å². The molecular weight excluding hydrogens is 390 g/mol. The summed E-state index contributed by atoms with van der Waals surface area (Å²) in [6.07, 6.45) is -2.10. The number of pyridine rings is 1. The molecule has 2 heterocycles. The van der Waals surface area contributed by atoms with Crippen molar-refractivity contribution >= 4 is 34.7 Å². The summed E-state index contributed by atoms with van der Waals surface area (Å²) in [5, 5.41) is 13.0. The Bertz CT molecular complexity index is 1060. The summed E-state index contributed by atoms with van der Waals surface area (Å²) in [5.74, 6) is -1.90. The number of hydrogen-bond donors (Lipinski definition) is 1. The standard InChI is InChI=1S/C17H10ClF4N3O2/c18-11-2-1-9(12(19)6-11)8-25-14-5-10(17(20,21)22)7-23-16(14)13(24-25)3-4-15(26)27/h1-7H,8H2,(H,26,27). The summed E-state index contributed by atoms with van der Waals surface area (Å²) in [7, 11) is 0. The minimum atomic E-state index is -4.63. The molecule has 27 heavy (non-hydrogen) atoms.